The number of benzene rings is 2. The number of hydrogen-bond acceptors (Lipinski definition) is 2. The fourth-order valence-electron chi connectivity index (χ4n) is 2.23. The van der Waals surface area contributed by atoms with E-state index in [0.29, 0.717) is 10.0 Å². The Hall–Kier alpha value is -1.38. The van der Waals surface area contributed by atoms with E-state index < -0.39 is 5.60 Å². The average Bonchev–Trinajstić information content (AvgIpc) is 2.40. The van der Waals surface area contributed by atoms with Crippen molar-refractivity contribution in [1.82, 2.24) is 0 Å². The first-order valence-electron chi connectivity index (χ1n) is 6.76. The van der Waals surface area contributed by atoms with Gasteiger partial charge in [0.1, 0.15) is 11.4 Å². The van der Waals surface area contributed by atoms with E-state index in [1.165, 1.54) is 0 Å². The lowest BCUT2D eigenvalue weighted by molar-refractivity contribution is 0.108. The van der Waals surface area contributed by atoms with E-state index in [1.807, 2.05) is 52.1 Å². The summed E-state index contributed by atoms with van der Waals surface area (Å²) in [5.74, 6) is 0.838. The number of aryl methyl sites for hydroxylation is 1. The lowest BCUT2D eigenvalue weighted by Gasteiger charge is -2.29. The summed E-state index contributed by atoms with van der Waals surface area (Å²) in [6.45, 7) is 6.01. The van der Waals surface area contributed by atoms with Crippen molar-refractivity contribution in [3.05, 3.63) is 57.6 Å². The van der Waals surface area contributed by atoms with Crippen LogP contribution in [0, 0.1) is 6.92 Å². The molecule has 2 aromatic rings. The summed E-state index contributed by atoms with van der Waals surface area (Å²) in [6.07, 6.45) is 0. The highest BCUT2D eigenvalue weighted by molar-refractivity contribution is 6.35. The summed E-state index contributed by atoms with van der Waals surface area (Å²) in [7, 11) is 1.90. The maximum atomic E-state index is 6.29. The van der Waals surface area contributed by atoms with Crippen LogP contribution in [0.25, 0.3) is 0 Å². The lowest BCUT2D eigenvalue weighted by Crippen LogP contribution is -2.26. The van der Waals surface area contributed by atoms with Gasteiger partial charge in [0.25, 0.3) is 0 Å². The predicted octanol–water partition coefficient (Wildman–Crippen LogP) is 5.66. The summed E-state index contributed by atoms with van der Waals surface area (Å²) in [5.41, 5.74) is 2.49. The molecule has 2 nitrogen and oxygen atoms in total. The highest BCUT2D eigenvalue weighted by Crippen LogP contribution is 2.35. The molecule has 0 fully saturated rings. The molecule has 2 rings (SSSR count). The lowest BCUT2D eigenvalue weighted by atomic mass is 9.97. The molecule has 0 bridgehead atoms. The highest BCUT2D eigenvalue weighted by Gasteiger charge is 2.26. The van der Waals surface area contributed by atoms with Crippen LogP contribution >= 0.6 is 23.2 Å². The molecule has 21 heavy (non-hydrogen) atoms. The van der Waals surface area contributed by atoms with E-state index in [2.05, 4.69) is 11.4 Å². The van der Waals surface area contributed by atoms with Crippen molar-refractivity contribution in [2.24, 2.45) is 0 Å². The Kier molecular flexibility index (Phi) is 4.70. The van der Waals surface area contributed by atoms with Crippen molar-refractivity contribution in [3.63, 3.8) is 0 Å². The normalized spacial score (nSPS) is 11.3. The van der Waals surface area contributed by atoms with E-state index in [-0.39, 0.29) is 0 Å². The fraction of sp³-hybridized carbons (Fsp3) is 0.294. The van der Waals surface area contributed by atoms with Crippen molar-refractivity contribution in [3.8, 4) is 5.75 Å². The molecule has 0 radical (unpaired) electrons. The van der Waals surface area contributed by atoms with Crippen molar-refractivity contribution < 1.29 is 4.74 Å². The summed E-state index contributed by atoms with van der Waals surface area (Å²) in [4.78, 5) is 0. The number of hydrogen-bond donors (Lipinski definition) is 1. The van der Waals surface area contributed by atoms with Crippen LogP contribution in [0.4, 0.5) is 5.69 Å². The van der Waals surface area contributed by atoms with Gasteiger partial charge in [-0.15, -0.1) is 0 Å². The van der Waals surface area contributed by atoms with Gasteiger partial charge in [0.15, 0.2) is 0 Å². The van der Waals surface area contributed by atoms with Crippen LogP contribution in [0.15, 0.2) is 36.4 Å². The van der Waals surface area contributed by atoms with Crippen LogP contribution in [0.3, 0.4) is 0 Å². The van der Waals surface area contributed by atoms with Gasteiger partial charge in [0, 0.05) is 28.3 Å². The van der Waals surface area contributed by atoms with Gasteiger partial charge in [0.05, 0.1) is 0 Å². The fourth-order valence-corrected chi connectivity index (χ4v) is 2.86. The van der Waals surface area contributed by atoms with E-state index in [9.17, 15) is 0 Å². The molecule has 0 spiro atoms. The molecular formula is C17H19Cl2NO. The van der Waals surface area contributed by atoms with Crippen LogP contribution in [0.5, 0.6) is 5.75 Å². The smallest absolute Gasteiger partial charge is 0.130 e. The molecule has 0 aromatic heterocycles. The molecule has 0 aliphatic carbocycles. The van der Waals surface area contributed by atoms with Crippen LogP contribution in [-0.2, 0) is 5.60 Å². The van der Waals surface area contributed by atoms with Gasteiger partial charge < -0.3 is 10.1 Å². The van der Waals surface area contributed by atoms with Gasteiger partial charge in [-0.25, -0.2) is 0 Å². The Morgan fingerprint density at radius 3 is 2.33 bits per heavy atom. The molecule has 0 amide bonds. The second-order valence-electron chi connectivity index (χ2n) is 5.47. The number of nitrogens with one attached hydrogen (secondary N) is 1. The van der Waals surface area contributed by atoms with Crippen molar-refractivity contribution >= 4 is 28.9 Å². The Labute approximate surface area is 136 Å². The molecule has 1 N–H and O–H groups in total. The zero-order chi connectivity index (χ0) is 15.6. The number of ether oxygens (including phenoxy) is 1. The largest absolute Gasteiger partial charge is 0.483 e. The van der Waals surface area contributed by atoms with Crippen molar-refractivity contribution in [2.45, 2.75) is 26.4 Å². The first kappa shape index (κ1) is 16.0. The monoisotopic (exact) mass is 323 g/mol. The summed E-state index contributed by atoms with van der Waals surface area (Å²) < 4.78 is 6.18. The van der Waals surface area contributed by atoms with E-state index in [0.717, 1.165) is 22.6 Å². The predicted molar refractivity (Wildman–Crippen MR) is 90.8 cm³/mol. The maximum absolute atomic E-state index is 6.29. The minimum atomic E-state index is -0.548. The molecule has 0 atom stereocenters. The van der Waals surface area contributed by atoms with Gasteiger partial charge in [-0.05, 0) is 56.7 Å². The highest BCUT2D eigenvalue weighted by atomic mass is 35.5. The third-order valence-corrected chi connectivity index (χ3v) is 3.96. The maximum Gasteiger partial charge on any atom is 0.130 e. The molecule has 0 aliphatic rings. The molecular weight excluding hydrogens is 305 g/mol. The van der Waals surface area contributed by atoms with Crippen LogP contribution < -0.4 is 10.1 Å². The zero-order valence-corrected chi connectivity index (χ0v) is 14.1. The van der Waals surface area contributed by atoms with Gasteiger partial charge in [0.2, 0.25) is 0 Å². The van der Waals surface area contributed by atoms with Crippen LogP contribution in [0.1, 0.15) is 25.0 Å². The first-order valence-corrected chi connectivity index (χ1v) is 7.52. The summed E-state index contributed by atoms with van der Waals surface area (Å²) >= 11 is 12.2. The van der Waals surface area contributed by atoms with Gasteiger partial charge in [-0.3, -0.25) is 0 Å². The molecule has 112 valence electrons. The quantitative estimate of drug-likeness (QED) is 0.784. The van der Waals surface area contributed by atoms with Gasteiger partial charge >= 0.3 is 0 Å². The standard InChI is InChI=1S/C17H19Cl2NO/c1-11-9-13(20-4)6-8-16(11)21-17(2,3)14-7-5-12(18)10-15(14)19/h5-10,20H,1-4H3. The van der Waals surface area contributed by atoms with E-state index in [1.54, 1.807) is 6.07 Å². The van der Waals surface area contributed by atoms with E-state index in [4.69, 9.17) is 27.9 Å². The third-order valence-electron chi connectivity index (χ3n) is 3.41. The molecule has 0 saturated heterocycles. The Balaban J connectivity index is 2.32. The SMILES string of the molecule is CNc1ccc(OC(C)(C)c2ccc(Cl)cc2Cl)c(C)c1. The number of rotatable bonds is 4. The molecule has 0 heterocycles. The molecule has 0 saturated carbocycles. The second kappa shape index (κ2) is 6.17. The first-order chi connectivity index (χ1) is 9.83. The summed E-state index contributed by atoms with van der Waals surface area (Å²) in [6, 6.07) is 11.5. The molecule has 4 heteroatoms. The minimum absolute atomic E-state index is 0.548. The van der Waals surface area contributed by atoms with Crippen molar-refractivity contribution in [2.75, 3.05) is 12.4 Å². The Morgan fingerprint density at radius 2 is 1.76 bits per heavy atom. The molecule has 0 aliphatic heterocycles. The zero-order valence-electron chi connectivity index (χ0n) is 12.6. The topological polar surface area (TPSA) is 21.3 Å². The molecule has 2 aromatic carbocycles. The number of anilines is 1. The van der Waals surface area contributed by atoms with Gasteiger partial charge in [-0.1, -0.05) is 29.3 Å². The molecule has 0 unspecified atom stereocenters. The second-order valence-corrected chi connectivity index (χ2v) is 6.31. The van der Waals surface area contributed by atoms with Crippen LogP contribution in [-0.4, -0.2) is 7.05 Å². The van der Waals surface area contributed by atoms with Crippen LogP contribution in [0.2, 0.25) is 10.0 Å². The van der Waals surface area contributed by atoms with Gasteiger partial charge in [-0.2, -0.15) is 0 Å². The Morgan fingerprint density at radius 1 is 1.05 bits per heavy atom. The minimum Gasteiger partial charge on any atom is -0.483 e. The Bertz CT molecular complexity index is 653. The van der Waals surface area contributed by atoms with Crippen molar-refractivity contribution in [1.29, 1.82) is 0 Å². The van der Waals surface area contributed by atoms with E-state index >= 15 is 0 Å². The summed E-state index contributed by atoms with van der Waals surface area (Å²) in [5, 5.41) is 4.34. The average molecular weight is 324 g/mol. The number of halogens is 2. The third kappa shape index (κ3) is 3.63.